The Balaban J connectivity index is 2.64. The highest BCUT2D eigenvalue weighted by molar-refractivity contribution is 5.86. The molecule has 80 valence electrons. The highest BCUT2D eigenvalue weighted by Crippen LogP contribution is 2.12. The average Bonchev–Trinajstić information content (AvgIpc) is 2.28. The zero-order chi connectivity index (χ0) is 11.1. The number of hydrogen-bond acceptors (Lipinski definition) is 3. The Bertz CT molecular complexity index is 338. The molecular formula is C12H14O3. The normalized spacial score (nSPS) is 10.3. The van der Waals surface area contributed by atoms with Gasteiger partial charge in [0, 0.05) is 6.08 Å². The van der Waals surface area contributed by atoms with Crippen LogP contribution in [0.3, 0.4) is 0 Å². The molecule has 0 fully saturated rings. The number of rotatable bonds is 4. The molecule has 0 radical (unpaired) electrons. The number of benzene rings is 1. The summed E-state index contributed by atoms with van der Waals surface area (Å²) in [6.07, 6.45) is 3.08. The van der Waals surface area contributed by atoms with Gasteiger partial charge in [0.05, 0.1) is 13.7 Å². The zero-order valence-electron chi connectivity index (χ0n) is 8.90. The second-order valence-corrected chi connectivity index (χ2v) is 2.86. The predicted molar refractivity (Wildman–Crippen MR) is 58.7 cm³/mol. The third-order valence-electron chi connectivity index (χ3n) is 1.80. The Morgan fingerprint density at radius 3 is 2.53 bits per heavy atom. The van der Waals surface area contributed by atoms with Crippen LogP contribution in [0.5, 0.6) is 5.75 Å². The van der Waals surface area contributed by atoms with Gasteiger partial charge in [-0.05, 0) is 30.7 Å². The molecule has 15 heavy (non-hydrogen) atoms. The van der Waals surface area contributed by atoms with Crippen LogP contribution in [-0.2, 0) is 9.53 Å². The van der Waals surface area contributed by atoms with E-state index in [9.17, 15) is 4.79 Å². The summed E-state index contributed by atoms with van der Waals surface area (Å²) < 4.78 is 9.78. The van der Waals surface area contributed by atoms with E-state index in [2.05, 4.69) is 4.74 Å². The van der Waals surface area contributed by atoms with Gasteiger partial charge in [-0.3, -0.25) is 0 Å². The molecule has 0 heterocycles. The van der Waals surface area contributed by atoms with Gasteiger partial charge >= 0.3 is 5.97 Å². The van der Waals surface area contributed by atoms with Gasteiger partial charge in [-0.2, -0.15) is 0 Å². The van der Waals surface area contributed by atoms with E-state index >= 15 is 0 Å². The molecule has 0 saturated heterocycles. The summed E-state index contributed by atoms with van der Waals surface area (Å²) in [6, 6.07) is 7.48. The molecule has 3 nitrogen and oxygen atoms in total. The SMILES string of the molecule is CCOc1ccc(C=CC(=O)OC)cc1. The molecule has 0 bridgehead atoms. The van der Waals surface area contributed by atoms with Crippen molar-refractivity contribution < 1.29 is 14.3 Å². The fourth-order valence-electron chi connectivity index (χ4n) is 1.07. The van der Waals surface area contributed by atoms with Gasteiger partial charge in [0.2, 0.25) is 0 Å². The van der Waals surface area contributed by atoms with E-state index in [0.717, 1.165) is 11.3 Å². The molecule has 1 rings (SSSR count). The Morgan fingerprint density at radius 2 is 2.00 bits per heavy atom. The first kappa shape index (κ1) is 11.3. The molecule has 0 N–H and O–H groups in total. The number of hydrogen-bond donors (Lipinski definition) is 0. The van der Waals surface area contributed by atoms with Crippen molar-refractivity contribution in [1.82, 2.24) is 0 Å². The van der Waals surface area contributed by atoms with Gasteiger partial charge in [0.1, 0.15) is 5.75 Å². The van der Waals surface area contributed by atoms with Gasteiger partial charge in [-0.15, -0.1) is 0 Å². The van der Waals surface area contributed by atoms with Crippen LogP contribution in [0.1, 0.15) is 12.5 Å². The summed E-state index contributed by atoms with van der Waals surface area (Å²) in [5.74, 6) is 0.469. The van der Waals surface area contributed by atoms with Crippen molar-refractivity contribution in [2.24, 2.45) is 0 Å². The van der Waals surface area contributed by atoms with E-state index < -0.39 is 0 Å². The Labute approximate surface area is 89.3 Å². The lowest BCUT2D eigenvalue weighted by atomic mass is 10.2. The van der Waals surface area contributed by atoms with Crippen molar-refractivity contribution in [2.45, 2.75) is 6.92 Å². The summed E-state index contributed by atoms with van der Waals surface area (Å²) >= 11 is 0. The zero-order valence-corrected chi connectivity index (χ0v) is 8.90. The molecule has 0 saturated carbocycles. The Kier molecular flexibility index (Phi) is 4.41. The maximum absolute atomic E-state index is 10.8. The first-order chi connectivity index (χ1) is 7.26. The predicted octanol–water partition coefficient (Wildman–Crippen LogP) is 2.27. The number of carbonyl (C=O) groups excluding carboxylic acids is 1. The smallest absolute Gasteiger partial charge is 0.330 e. The second kappa shape index (κ2) is 5.86. The van der Waals surface area contributed by atoms with E-state index in [1.54, 1.807) is 6.08 Å². The largest absolute Gasteiger partial charge is 0.494 e. The average molecular weight is 206 g/mol. The summed E-state index contributed by atoms with van der Waals surface area (Å²) in [4.78, 5) is 10.8. The lowest BCUT2D eigenvalue weighted by Gasteiger charge is -2.01. The summed E-state index contributed by atoms with van der Waals surface area (Å²) in [5, 5.41) is 0. The van der Waals surface area contributed by atoms with Crippen LogP contribution in [0.25, 0.3) is 6.08 Å². The van der Waals surface area contributed by atoms with Crippen molar-refractivity contribution in [3.63, 3.8) is 0 Å². The quantitative estimate of drug-likeness (QED) is 0.560. The number of ether oxygens (including phenoxy) is 2. The van der Waals surface area contributed by atoms with Gasteiger partial charge in [0.25, 0.3) is 0 Å². The maximum Gasteiger partial charge on any atom is 0.330 e. The van der Waals surface area contributed by atoms with Crippen molar-refractivity contribution in [3.8, 4) is 5.75 Å². The topological polar surface area (TPSA) is 35.5 Å². The Hall–Kier alpha value is -1.77. The molecule has 0 atom stereocenters. The summed E-state index contributed by atoms with van der Waals surface area (Å²) in [6.45, 7) is 2.59. The molecule has 1 aromatic carbocycles. The second-order valence-electron chi connectivity index (χ2n) is 2.86. The van der Waals surface area contributed by atoms with Crippen molar-refractivity contribution in [2.75, 3.05) is 13.7 Å². The molecule has 3 heteroatoms. The molecule has 1 aromatic rings. The van der Waals surface area contributed by atoms with E-state index in [1.165, 1.54) is 13.2 Å². The van der Waals surface area contributed by atoms with Crippen molar-refractivity contribution in [1.29, 1.82) is 0 Å². The van der Waals surface area contributed by atoms with E-state index in [-0.39, 0.29) is 5.97 Å². The van der Waals surface area contributed by atoms with Gasteiger partial charge in [0.15, 0.2) is 0 Å². The number of methoxy groups -OCH3 is 1. The van der Waals surface area contributed by atoms with Crippen LogP contribution in [-0.4, -0.2) is 19.7 Å². The molecule has 0 aliphatic rings. The first-order valence-electron chi connectivity index (χ1n) is 4.75. The fourth-order valence-corrected chi connectivity index (χ4v) is 1.07. The third kappa shape index (κ3) is 3.85. The molecule has 0 aliphatic heterocycles. The number of esters is 1. The maximum atomic E-state index is 10.8. The van der Waals surface area contributed by atoms with Crippen LogP contribution < -0.4 is 4.74 Å². The van der Waals surface area contributed by atoms with Crippen LogP contribution in [0.2, 0.25) is 0 Å². The summed E-state index contributed by atoms with van der Waals surface area (Å²) in [5.41, 5.74) is 0.934. The molecule has 0 aromatic heterocycles. The lowest BCUT2D eigenvalue weighted by molar-refractivity contribution is -0.134. The van der Waals surface area contributed by atoms with Gasteiger partial charge < -0.3 is 9.47 Å². The minimum absolute atomic E-state index is 0.358. The van der Waals surface area contributed by atoms with Crippen molar-refractivity contribution >= 4 is 12.0 Å². The van der Waals surface area contributed by atoms with Crippen molar-refractivity contribution in [3.05, 3.63) is 35.9 Å². The monoisotopic (exact) mass is 206 g/mol. The summed E-state index contributed by atoms with van der Waals surface area (Å²) in [7, 11) is 1.35. The minimum atomic E-state index is -0.358. The van der Waals surface area contributed by atoms with Crippen LogP contribution in [0.4, 0.5) is 0 Å². The molecule has 0 amide bonds. The van der Waals surface area contributed by atoms with E-state index in [0.29, 0.717) is 6.61 Å². The highest BCUT2D eigenvalue weighted by atomic mass is 16.5. The molecule has 0 aliphatic carbocycles. The standard InChI is InChI=1S/C12H14O3/c1-3-15-11-7-4-10(5-8-11)6-9-12(13)14-2/h4-9H,3H2,1-2H3. The third-order valence-corrected chi connectivity index (χ3v) is 1.80. The molecule has 0 spiro atoms. The lowest BCUT2D eigenvalue weighted by Crippen LogP contribution is -1.93. The van der Waals surface area contributed by atoms with Crippen LogP contribution in [0.15, 0.2) is 30.3 Å². The Morgan fingerprint density at radius 1 is 1.33 bits per heavy atom. The molecule has 0 unspecified atom stereocenters. The first-order valence-corrected chi connectivity index (χ1v) is 4.75. The van der Waals surface area contributed by atoms with E-state index in [4.69, 9.17) is 4.74 Å². The van der Waals surface area contributed by atoms with Crippen LogP contribution >= 0.6 is 0 Å². The van der Waals surface area contributed by atoms with Gasteiger partial charge in [-0.25, -0.2) is 4.79 Å². The molecular weight excluding hydrogens is 192 g/mol. The van der Waals surface area contributed by atoms with Crippen LogP contribution in [0, 0.1) is 0 Å². The highest BCUT2D eigenvalue weighted by Gasteiger charge is 1.93. The number of carbonyl (C=O) groups is 1. The minimum Gasteiger partial charge on any atom is -0.494 e. The fraction of sp³-hybridized carbons (Fsp3) is 0.250. The van der Waals surface area contributed by atoms with E-state index in [1.807, 2.05) is 31.2 Å². The van der Waals surface area contributed by atoms with Gasteiger partial charge in [-0.1, -0.05) is 12.1 Å².